The van der Waals surface area contributed by atoms with Gasteiger partial charge in [-0.15, -0.1) is 11.3 Å². The summed E-state index contributed by atoms with van der Waals surface area (Å²) in [6.07, 6.45) is 0.322. The average molecular weight is 415 g/mol. The van der Waals surface area contributed by atoms with Crippen LogP contribution < -0.4 is 5.32 Å². The molecule has 0 saturated carbocycles. The van der Waals surface area contributed by atoms with Gasteiger partial charge in [-0.1, -0.05) is 47.5 Å². The Kier molecular flexibility index (Phi) is 6.18. The number of nitrogens with one attached hydrogen (secondary N) is 1. The van der Waals surface area contributed by atoms with Crippen molar-refractivity contribution in [1.82, 2.24) is 0 Å². The lowest BCUT2D eigenvalue weighted by Crippen LogP contribution is -2.15. The van der Waals surface area contributed by atoms with Crippen molar-refractivity contribution in [3.8, 4) is 6.07 Å². The van der Waals surface area contributed by atoms with Crippen LogP contribution >= 0.6 is 34.5 Å². The first-order valence-corrected chi connectivity index (χ1v) is 9.89. The molecule has 1 aromatic heterocycles. The number of carbonyl (C=O) groups excluding carboxylic acids is 1. The maximum absolute atomic E-state index is 12.3. The molecule has 3 nitrogen and oxygen atoms in total. The van der Waals surface area contributed by atoms with E-state index < -0.39 is 5.92 Å². The van der Waals surface area contributed by atoms with Crippen LogP contribution in [0.4, 0.5) is 5.69 Å². The molecule has 0 bridgehead atoms. The summed E-state index contributed by atoms with van der Waals surface area (Å²) in [5.74, 6) is -0.608. The lowest BCUT2D eigenvalue weighted by atomic mass is 9.91. The molecule has 0 radical (unpaired) electrons. The van der Waals surface area contributed by atoms with Gasteiger partial charge in [-0.2, -0.15) is 5.26 Å². The quantitative estimate of drug-likeness (QED) is 0.539. The smallest absolute Gasteiger partial charge is 0.229 e. The molecule has 136 valence electrons. The van der Waals surface area contributed by atoms with Gasteiger partial charge in [0.15, 0.2) is 0 Å². The van der Waals surface area contributed by atoms with Crippen molar-refractivity contribution in [1.29, 1.82) is 5.26 Å². The van der Waals surface area contributed by atoms with E-state index in [1.807, 2.05) is 42.6 Å². The van der Waals surface area contributed by atoms with Gasteiger partial charge < -0.3 is 5.32 Å². The van der Waals surface area contributed by atoms with Crippen molar-refractivity contribution in [2.45, 2.75) is 19.3 Å². The summed E-state index contributed by atoms with van der Waals surface area (Å²) in [6.45, 7) is 1.89. The van der Waals surface area contributed by atoms with Crippen molar-refractivity contribution < 1.29 is 4.79 Å². The fourth-order valence-corrected chi connectivity index (χ4v) is 3.91. The van der Waals surface area contributed by atoms with Crippen molar-refractivity contribution in [2.75, 3.05) is 5.32 Å². The van der Waals surface area contributed by atoms with Crippen LogP contribution in [0.5, 0.6) is 0 Å². The number of amides is 1. The molecule has 0 aliphatic carbocycles. The summed E-state index contributed by atoms with van der Waals surface area (Å²) in [5, 5.41) is 15.6. The Hall–Kier alpha value is -2.32. The lowest BCUT2D eigenvalue weighted by Gasteiger charge is -2.16. The van der Waals surface area contributed by atoms with Crippen LogP contribution in [0, 0.1) is 18.3 Å². The largest absolute Gasteiger partial charge is 0.325 e. The highest BCUT2D eigenvalue weighted by Gasteiger charge is 2.19. The molecular formula is C21H16Cl2N2OS. The van der Waals surface area contributed by atoms with E-state index in [-0.39, 0.29) is 5.91 Å². The number of rotatable bonds is 5. The van der Waals surface area contributed by atoms with Crippen molar-refractivity contribution in [3.05, 3.63) is 85.5 Å². The van der Waals surface area contributed by atoms with Crippen molar-refractivity contribution in [3.63, 3.8) is 0 Å². The van der Waals surface area contributed by atoms with Gasteiger partial charge in [0.1, 0.15) is 0 Å². The molecule has 0 aliphatic rings. The standard InChI is InChI=1S/C21H16Cl2N2OS/c1-13-9-17(18(12-24)14-4-6-15(22)7-5-14)19(23)11-20(13)25-21(26)10-16-3-2-8-27-16/h2-9,11,18H,10H2,1H3,(H,25,26)/t18-/m0/s1. The Bertz CT molecular complexity index is 992. The second-order valence-corrected chi connectivity index (χ2v) is 7.98. The normalized spacial score (nSPS) is 11.6. The van der Waals surface area contributed by atoms with Gasteiger partial charge in [0.25, 0.3) is 0 Å². The summed E-state index contributed by atoms with van der Waals surface area (Å²) < 4.78 is 0. The topological polar surface area (TPSA) is 52.9 Å². The lowest BCUT2D eigenvalue weighted by molar-refractivity contribution is -0.115. The van der Waals surface area contributed by atoms with Gasteiger partial charge in [0.2, 0.25) is 5.91 Å². The van der Waals surface area contributed by atoms with E-state index in [2.05, 4.69) is 11.4 Å². The highest BCUT2D eigenvalue weighted by atomic mass is 35.5. The van der Waals surface area contributed by atoms with E-state index in [0.717, 1.165) is 16.0 Å². The van der Waals surface area contributed by atoms with Gasteiger partial charge in [0, 0.05) is 20.6 Å². The van der Waals surface area contributed by atoms with Crippen LogP contribution in [-0.2, 0) is 11.2 Å². The van der Waals surface area contributed by atoms with Crippen LogP contribution in [0.3, 0.4) is 0 Å². The molecule has 1 N–H and O–H groups in total. The first-order chi connectivity index (χ1) is 13.0. The Morgan fingerprint density at radius 2 is 1.96 bits per heavy atom. The second kappa shape index (κ2) is 8.58. The molecule has 1 atom stereocenters. The number of thiophene rings is 1. The third-order valence-corrected chi connectivity index (χ3v) is 5.63. The average Bonchev–Trinajstić information content (AvgIpc) is 3.14. The maximum atomic E-state index is 12.3. The monoisotopic (exact) mass is 414 g/mol. The number of benzene rings is 2. The first kappa shape index (κ1) is 19.4. The minimum Gasteiger partial charge on any atom is -0.325 e. The highest BCUT2D eigenvalue weighted by molar-refractivity contribution is 7.10. The number of hydrogen-bond acceptors (Lipinski definition) is 3. The van der Waals surface area contributed by atoms with E-state index in [1.165, 1.54) is 0 Å². The molecule has 6 heteroatoms. The molecule has 0 fully saturated rings. The van der Waals surface area contributed by atoms with Crippen LogP contribution in [0.15, 0.2) is 53.9 Å². The zero-order valence-electron chi connectivity index (χ0n) is 14.5. The summed E-state index contributed by atoms with van der Waals surface area (Å²) in [7, 11) is 0. The molecule has 0 spiro atoms. The number of hydrogen-bond donors (Lipinski definition) is 1. The summed E-state index contributed by atoms with van der Waals surface area (Å²) in [5.41, 5.74) is 3.02. The second-order valence-electron chi connectivity index (χ2n) is 6.11. The van der Waals surface area contributed by atoms with Crippen LogP contribution in [0.2, 0.25) is 10.0 Å². The minimum absolute atomic E-state index is 0.0982. The van der Waals surface area contributed by atoms with Crippen molar-refractivity contribution >= 4 is 46.1 Å². The minimum atomic E-state index is -0.510. The molecular weight excluding hydrogens is 399 g/mol. The molecule has 1 amide bonds. The van der Waals surface area contributed by atoms with E-state index in [9.17, 15) is 10.1 Å². The van der Waals surface area contributed by atoms with Crippen LogP contribution in [0.1, 0.15) is 27.5 Å². The molecule has 3 rings (SSSR count). The predicted molar refractivity (Wildman–Crippen MR) is 112 cm³/mol. The molecule has 0 saturated heterocycles. The fraction of sp³-hybridized carbons (Fsp3) is 0.143. The Balaban J connectivity index is 1.84. The predicted octanol–water partition coefficient (Wildman–Crippen LogP) is 6.20. The summed E-state index contributed by atoms with van der Waals surface area (Å²) in [4.78, 5) is 13.3. The number of anilines is 1. The summed E-state index contributed by atoms with van der Waals surface area (Å²) >= 11 is 13.9. The Labute approximate surface area is 172 Å². The SMILES string of the molecule is Cc1cc([C@@H](C#N)c2ccc(Cl)cc2)c(Cl)cc1NC(=O)Cc1cccs1. The van der Waals surface area contributed by atoms with E-state index in [4.69, 9.17) is 23.2 Å². The molecule has 0 unspecified atom stereocenters. The third-order valence-electron chi connectivity index (χ3n) is 4.18. The van der Waals surface area contributed by atoms with Gasteiger partial charge in [-0.05, 0) is 53.3 Å². The van der Waals surface area contributed by atoms with Crippen molar-refractivity contribution in [2.24, 2.45) is 0 Å². The maximum Gasteiger partial charge on any atom is 0.229 e. The Morgan fingerprint density at radius 1 is 1.22 bits per heavy atom. The van der Waals surface area contributed by atoms with Gasteiger partial charge >= 0.3 is 0 Å². The zero-order valence-corrected chi connectivity index (χ0v) is 16.8. The number of halogens is 2. The molecule has 3 aromatic rings. The Morgan fingerprint density at radius 3 is 2.59 bits per heavy atom. The fourth-order valence-electron chi connectivity index (χ4n) is 2.80. The number of carbonyl (C=O) groups is 1. The highest BCUT2D eigenvalue weighted by Crippen LogP contribution is 2.34. The third kappa shape index (κ3) is 4.70. The first-order valence-electron chi connectivity index (χ1n) is 8.25. The number of nitriles is 1. The molecule has 1 heterocycles. The van der Waals surface area contributed by atoms with E-state index >= 15 is 0 Å². The van der Waals surface area contributed by atoms with Gasteiger partial charge in [-0.3, -0.25) is 4.79 Å². The molecule has 0 aliphatic heterocycles. The van der Waals surface area contributed by atoms with E-state index in [0.29, 0.717) is 27.7 Å². The summed E-state index contributed by atoms with van der Waals surface area (Å²) in [6, 6.07) is 16.8. The van der Waals surface area contributed by atoms with Gasteiger partial charge in [0.05, 0.1) is 18.4 Å². The number of aryl methyl sites for hydroxylation is 1. The van der Waals surface area contributed by atoms with Crippen LogP contribution in [0.25, 0.3) is 0 Å². The van der Waals surface area contributed by atoms with Gasteiger partial charge in [-0.25, -0.2) is 0 Å². The van der Waals surface area contributed by atoms with E-state index in [1.54, 1.807) is 29.5 Å². The molecule has 27 heavy (non-hydrogen) atoms. The van der Waals surface area contributed by atoms with Crippen LogP contribution in [-0.4, -0.2) is 5.91 Å². The zero-order chi connectivity index (χ0) is 19.4. The number of nitrogens with zero attached hydrogens (tertiary/aromatic N) is 1. The molecule has 2 aromatic carbocycles.